The molecule has 0 fully saturated rings. The van der Waals surface area contributed by atoms with E-state index in [0.717, 1.165) is 11.1 Å². The van der Waals surface area contributed by atoms with Crippen LogP contribution in [0.2, 0.25) is 5.02 Å². The number of halogens is 1. The number of benzene rings is 2. The van der Waals surface area contributed by atoms with Gasteiger partial charge in [0.25, 0.3) is 0 Å². The van der Waals surface area contributed by atoms with Gasteiger partial charge in [0.2, 0.25) is 5.91 Å². The molecule has 5 heteroatoms. The zero-order valence-corrected chi connectivity index (χ0v) is 14.5. The van der Waals surface area contributed by atoms with Gasteiger partial charge in [0.1, 0.15) is 0 Å². The van der Waals surface area contributed by atoms with E-state index in [1.54, 1.807) is 32.4 Å². The van der Waals surface area contributed by atoms with Crippen LogP contribution in [0.3, 0.4) is 0 Å². The minimum absolute atomic E-state index is 0.143. The highest BCUT2D eigenvalue weighted by molar-refractivity contribution is 6.30. The molecule has 2 rings (SSSR count). The van der Waals surface area contributed by atoms with Gasteiger partial charge in [-0.2, -0.15) is 0 Å². The van der Waals surface area contributed by atoms with Crippen LogP contribution in [0.25, 0.3) is 6.08 Å². The first-order chi connectivity index (χ1) is 11.6. The van der Waals surface area contributed by atoms with E-state index in [0.29, 0.717) is 29.5 Å². The highest BCUT2D eigenvalue weighted by Crippen LogP contribution is 2.27. The van der Waals surface area contributed by atoms with Gasteiger partial charge in [-0.25, -0.2) is 0 Å². The minimum atomic E-state index is -0.143. The van der Waals surface area contributed by atoms with E-state index in [-0.39, 0.29) is 5.91 Å². The monoisotopic (exact) mass is 345 g/mol. The van der Waals surface area contributed by atoms with E-state index in [9.17, 15) is 4.79 Å². The van der Waals surface area contributed by atoms with E-state index in [2.05, 4.69) is 5.32 Å². The largest absolute Gasteiger partial charge is 0.493 e. The van der Waals surface area contributed by atoms with Crippen LogP contribution in [0.4, 0.5) is 0 Å². The van der Waals surface area contributed by atoms with Crippen LogP contribution in [-0.2, 0) is 11.2 Å². The van der Waals surface area contributed by atoms with Gasteiger partial charge in [-0.05, 0) is 47.9 Å². The standard InChI is InChI=1S/C19H20ClNO3/c1-23-17-8-6-15(13-18(17)24-2)10-11-21-19(22)9-7-14-4-3-5-16(20)12-14/h3-9,12-13H,10-11H2,1-2H3,(H,21,22)/b9-7+. The molecule has 0 spiro atoms. The smallest absolute Gasteiger partial charge is 0.244 e. The number of hydrogen-bond acceptors (Lipinski definition) is 3. The molecule has 2 aromatic carbocycles. The Morgan fingerprint density at radius 1 is 1.12 bits per heavy atom. The summed E-state index contributed by atoms with van der Waals surface area (Å²) in [5, 5.41) is 3.50. The normalized spacial score (nSPS) is 10.6. The summed E-state index contributed by atoms with van der Waals surface area (Å²) in [5.74, 6) is 1.23. The fourth-order valence-electron chi connectivity index (χ4n) is 2.21. The maximum absolute atomic E-state index is 11.8. The molecule has 0 radical (unpaired) electrons. The molecular formula is C19H20ClNO3. The molecular weight excluding hydrogens is 326 g/mol. The highest BCUT2D eigenvalue weighted by Gasteiger charge is 2.04. The third-order valence-electron chi connectivity index (χ3n) is 3.44. The Morgan fingerprint density at radius 2 is 1.92 bits per heavy atom. The predicted octanol–water partition coefficient (Wildman–Crippen LogP) is 3.73. The molecule has 4 nitrogen and oxygen atoms in total. The highest BCUT2D eigenvalue weighted by atomic mass is 35.5. The van der Waals surface area contributed by atoms with Crippen molar-refractivity contribution in [3.63, 3.8) is 0 Å². The number of nitrogens with one attached hydrogen (secondary N) is 1. The molecule has 0 saturated heterocycles. The maximum atomic E-state index is 11.8. The van der Waals surface area contributed by atoms with Crippen molar-refractivity contribution < 1.29 is 14.3 Å². The lowest BCUT2D eigenvalue weighted by atomic mass is 10.1. The summed E-state index contributed by atoms with van der Waals surface area (Å²) in [4.78, 5) is 11.8. The second kappa shape index (κ2) is 8.99. The van der Waals surface area contributed by atoms with Gasteiger partial charge in [0, 0.05) is 17.6 Å². The van der Waals surface area contributed by atoms with Crippen LogP contribution < -0.4 is 14.8 Å². The number of amides is 1. The van der Waals surface area contributed by atoms with E-state index >= 15 is 0 Å². The Morgan fingerprint density at radius 3 is 2.62 bits per heavy atom. The zero-order valence-electron chi connectivity index (χ0n) is 13.7. The van der Waals surface area contributed by atoms with Crippen LogP contribution in [0.15, 0.2) is 48.5 Å². The first-order valence-corrected chi connectivity index (χ1v) is 7.92. The first kappa shape index (κ1) is 17.9. The third kappa shape index (κ3) is 5.32. The summed E-state index contributed by atoms with van der Waals surface area (Å²) in [6, 6.07) is 13.0. The summed E-state index contributed by atoms with van der Waals surface area (Å²) in [6.07, 6.45) is 3.94. The van der Waals surface area contributed by atoms with Crippen LogP contribution >= 0.6 is 11.6 Å². The fourth-order valence-corrected chi connectivity index (χ4v) is 2.41. The van der Waals surface area contributed by atoms with E-state index < -0.39 is 0 Å². The predicted molar refractivity (Wildman–Crippen MR) is 96.7 cm³/mol. The number of rotatable bonds is 7. The SMILES string of the molecule is COc1ccc(CCNC(=O)/C=C/c2cccc(Cl)c2)cc1OC. The summed E-state index contributed by atoms with van der Waals surface area (Å²) >= 11 is 5.90. The fraction of sp³-hybridized carbons (Fsp3) is 0.211. The summed E-state index contributed by atoms with van der Waals surface area (Å²) in [6.45, 7) is 0.536. The van der Waals surface area contributed by atoms with Crippen molar-refractivity contribution in [2.45, 2.75) is 6.42 Å². The third-order valence-corrected chi connectivity index (χ3v) is 3.67. The summed E-state index contributed by atoms with van der Waals surface area (Å²) < 4.78 is 10.5. The lowest BCUT2D eigenvalue weighted by molar-refractivity contribution is -0.116. The van der Waals surface area contributed by atoms with Crippen LogP contribution in [0, 0.1) is 0 Å². The number of methoxy groups -OCH3 is 2. The Bertz CT molecular complexity index is 728. The van der Waals surface area contributed by atoms with Crippen molar-refractivity contribution in [1.29, 1.82) is 0 Å². The average molecular weight is 346 g/mol. The lowest BCUT2D eigenvalue weighted by Crippen LogP contribution is -2.23. The molecule has 0 heterocycles. The molecule has 126 valence electrons. The quantitative estimate of drug-likeness (QED) is 0.778. The topological polar surface area (TPSA) is 47.6 Å². The van der Waals surface area contributed by atoms with Gasteiger partial charge >= 0.3 is 0 Å². The van der Waals surface area contributed by atoms with Gasteiger partial charge in [-0.3, -0.25) is 4.79 Å². The van der Waals surface area contributed by atoms with Crippen LogP contribution in [0.1, 0.15) is 11.1 Å². The number of ether oxygens (including phenoxy) is 2. The molecule has 2 aromatic rings. The number of hydrogen-bond donors (Lipinski definition) is 1. The molecule has 0 saturated carbocycles. The average Bonchev–Trinajstić information content (AvgIpc) is 2.60. The van der Waals surface area contributed by atoms with Gasteiger partial charge < -0.3 is 14.8 Å². The summed E-state index contributed by atoms with van der Waals surface area (Å²) in [5.41, 5.74) is 1.95. The molecule has 0 bridgehead atoms. The van der Waals surface area contributed by atoms with Gasteiger partial charge in [0.15, 0.2) is 11.5 Å². The Labute approximate surface area is 147 Å². The molecule has 24 heavy (non-hydrogen) atoms. The molecule has 0 aliphatic carbocycles. The Hall–Kier alpha value is -2.46. The lowest BCUT2D eigenvalue weighted by Gasteiger charge is -2.09. The molecule has 0 unspecified atom stereocenters. The second-order valence-electron chi connectivity index (χ2n) is 5.12. The van der Waals surface area contributed by atoms with Crippen LogP contribution in [0.5, 0.6) is 11.5 Å². The molecule has 0 aliphatic heterocycles. The molecule has 0 atom stereocenters. The Balaban J connectivity index is 1.84. The van der Waals surface area contributed by atoms with Crippen molar-refractivity contribution in [2.24, 2.45) is 0 Å². The summed E-state index contributed by atoms with van der Waals surface area (Å²) in [7, 11) is 3.20. The minimum Gasteiger partial charge on any atom is -0.493 e. The van der Waals surface area contributed by atoms with Crippen molar-refractivity contribution in [3.05, 3.63) is 64.7 Å². The molecule has 0 aromatic heterocycles. The molecule has 0 aliphatic rings. The number of carbonyl (C=O) groups excluding carboxylic acids is 1. The van der Waals surface area contributed by atoms with Crippen molar-refractivity contribution in [3.8, 4) is 11.5 Å². The van der Waals surface area contributed by atoms with E-state index in [1.165, 1.54) is 6.08 Å². The van der Waals surface area contributed by atoms with Gasteiger partial charge in [0.05, 0.1) is 14.2 Å². The van der Waals surface area contributed by atoms with Crippen molar-refractivity contribution in [1.82, 2.24) is 5.32 Å². The Kier molecular flexibility index (Phi) is 6.70. The molecule has 1 amide bonds. The van der Waals surface area contributed by atoms with Crippen molar-refractivity contribution in [2.75, 3.05) is 20.8 Å². The zero-order chi connectivity index (χ0) is 17.4. The van der Waals surface area contributed by atoms with E-state index in [4.69, 9.17) is 21.1 Å². The van der Waals surface area contributed by atoms with Gasteiger partial charge in [-0.15, -0.1) is 0 Å². The maximum Gasteiger partial charge on any atom is 0.244 e. The second-order valence-corrected chi connectivity index (χ2v) is 5.56. The van der Waals surface area contributed by atoms with Crippen molar-refractivity contribution >= 4 is 23.6 Å². The van der Waals surface area contributed by atoms with Gasteiger partial charge in [-0.1, -0.05) is 29.8 Å². The van der Waals surface area contributed by atoms with Crippen LogP contribution in [-0.4, -0.2) is 26.7 Å². The first-order valence-electron chi connectivity index (χ1n) is 7.55. The number of carbonyl (C=O) groups is 1. The van der Waals surface area contributed by atoms with E-state index in [1.807, 2.05) is 30.3 Å². The molecule has 1 N–H and O–H groups in total.